The minimum absolute atomic E-state index is 0.407. The predicted molar refractivity (Wildman–Crippen MR) is 81.1 cm³/mol. The van der Waals surface area contributed by atoms with E-state index in [1.165, 1.54) is 18.9 Å². The average Bonchev–Trinajstić information content (AvgIpc) is 3.24. The van der Waals surface area contributed by atoms with Crippen molar-refractivity contribution in [1.29, 1.82) is 0 Å². The van der Waals surface area contributed by atoms with Crippen molar-refractivity contribution in [2.45, 2.75) is 24.8 Å². The molecule has 3 aromatic rings. The van der Waals surface area contributed by atoms with Crippen LogP contribution >= 0.6 is 11.8 Å². The van der Waals surface area contributed by atoms with Crippen molar-refractivity contribution in [2.75, 3.05) is 7.11 Å². The first-order chi connectivity index (χ1) is 11.1. The number of nitrogens with zero attached hydrogens (tertiary/aromatic N) is 2. The first kappa shape index (κ1) is 15.4. The van der Waals surface area contributed by atoms with Crippen molar-refractivity contribution in [3.63, 3.8) is 0 Å². The smallest absolute Gasteiger partial charge is 0.341 e. The maximum Gasteiger partial charge on any atom is 0.341 e. The third kappa shape index (κ3) is 3.16. The van der Waals surface area contributed by atoms with E-state index in [0.717, 1.165) is 11.3 Å². The van der Waals surface area contributed by atoms with Crippen LogP contribution in [0.25, 0.3) is 11.5 Å². The van der Waals surface area contributed by atoms with Gasteiger partial charge in [-0.15, -0.1) is 10.2 Å². The van der Waals surface area contributed by atoms with Crippen LogP contribution in [0.4, 0.5) is 0 Å². The van der Waals surface area contributed by atoms with Gasteiger partial charge in [0.05, 0.1) is 24.7 Å². The molecule has 3 heterocycles. The molecule has 0 saturated heterocycles. The third-order valence-electron chi connectivity index (χ3n) is 3.21. The summed E-state index contributed by atoms with van der Waals surface area (Å²) in [4.78, 5) is 11.5. The summed E-state index contributed by atoms with van der Waals surface area (Å²) in [7, 11) is 1.33. The SMILES string of the molecule is COC(=O)c1cc(CSc2nnc(-c3ccoc3C)o2)oc1C. The number of aryl methyl sites for hydroxylation is 2. The Morgan fingerprint density at radius 1 is 1.26 bits per heavy atom. The molecule has 0 N–H and O–H groups in total. The van der Waals surface area contributed by atoms with Crippen LogP contribution in [-0.4, -0.2) is 23.3 Å². The Balaban J connectivity index is 1.69. The maximum atomic E-state index is 11.5. The zero-order valence-electron chi connectivity index (χ0n) is 12.8. The van der Waals surface area contributed by atoms with Gasteiger partial charge in [-0.3, -0.25) is 0 Å². The molecule has 0 aromatic carbocycles. The fourth-order valence-corrected chi connectivity index (χ4v) is 2.69. The number of carbonyl (C=O) groups excluding carboxylic acids is 1. The summed E-state index contributed by atoms with van der Waals surface area (Å²) in [6.45, 7) is 3.54. The molecule has 0 atom stereocenters. The number of aromatic nitrogens is 2. The number of carbonyl (C=O) groups is 1. The molecule has 0 bridgehead atoms. The molecule has 0 aliphatic rings. The van der Waals surface area contributed by atoms with Gasteiger partial charge < -0.3 is 18.0 Å². The van der Waals surface area contributed by atoms with Gasteiger partial charge in [0, 0.05) is 0 Å². The van der Waals surface area contributed by atoms with Crippen LogP contribution in [0.5, 0.6) is 0 Å². The minimum atomic E-state index is -0.419. The van der Waals surface area contributed by atoms with Gasteiger partial charge in [-0.2, -0.15) is 0 Å². The molecule has 120 valence electrons. The van der Waals surface area contributed by atoms with Crippen molar-refractivity contribution < 1.29 is 22.8 Å². The molecule has 0 fully saturated rings. The van der Waals surface area contributed by atoms with Gasteiger partial charge in [0.25, 0.3) is 11.1 Å². The van der Waals surface area contributed by atoms with Crippen LogP contribution in [0, 0.1) is 13.8 Å². The summed E-state index contributed by atoms with van der Waals surface area (Å²) in [6.07, 6.45) is 1.57. The number of hydrogen-bond donors (Lipinski definition) is 0. The lowest BCUT2D eigenvalue weighted by molar-refractivity contribution is 0.0599. The van der Waals surface area contributed by atoms with Crippen LogP contribution in [0.15, 0.2) is 36.9 Å². The second-order valence-electron chi connectivity index (χ2n) is 4.73. The van der Waals surface area contributed by atoms with Crippen molar-refractivity contribution in [3.05, 3.63) is 41.2 Å². The van der Waals surface area contributed by atoms with Crippen molar-refractivity contribution in [1.82, 2.24) is 10.2 Å². The summed E-state index contributed by atoms with van der Waals surface area (Å²) in [5.74, 6) is 2.32. The largest absolute Gasteiger partial charge is 0.469 e. The molecule has 3 aromatic heterocycles. The Kier molecular flexibility index (Phi) is 4.24. The molecule has 23 heavy (non-hydrogen) atoms. The Morgan fingerprint density at radius 2 is 2.09 bits per heavy atom. The number of furan rings is 2. The zero-order valence-corrected chi connectivity index (χ0v) is 13.6. The molecule has 0 spiro atoms. The Labute approximate surface area is 136 Å². The second-order valence-corrected chi connectivity index (χ2v) is 5.65. The van der Waals surface area contributed by atoms with Gasteiger partial charge in [-0.05, 0) is 26.0 Å². The second kappa shape index (κ2) is 6.33. The van der Waals surface area contributed by atoms with Gasteiger partial charge in [0.2, 0.25) is 0 Å². The molecule has 0 radical (unpaired) electrons. The number of methoxy groups -OCH3 is 1. The van der Waals surface area contributed by atoms with Crippen LogP contribution in [0.3, 0.4) is 0 Å². The Morgan fingerprint density at radius 3 is 2.78 bits per heavy atom. The lowest BCUT2D eigenvalue weighted by atomic mass is 10.2. The zero-order chi connectivity index (χ0) is 16.4. The monoisotopic (exact) mass is 334 g/mol. The highest BCUT2D eigenvalue weighted by Crippen LogP contribution is 2.29. The number of hydrogen-bond acceptors (Lipinski definition) is 8. The maximum absolute atomic E-state index is 11.5. The lowest BCUT2D eigenvalue weighted by Crippen LogP contribution is -2.00. The van der Waals surface area contributed by atoms with E-state index in [0.29, 0.717) is 34.0 Å². The van der Waals surface area contributed by atoms with Gasteiger partial charge in [-0.1, -0.05) is 11.8 Å². The molecule has 7 nitrogen and oxygen atoms in total. The van der Waals surface area contributed by atoms with E-state index in [9.17, 15) is 4.79 Å². The highest BCUT2D eigenvalue weighted by molar-refractivity contribution is 7.98. The standard InChI is InChI=1S/C15H14N2O5S/c1-8-11(4-5-20-8)13-16-17-15(22-13)23-7-10-6-12(9(2)21-10)14(18)19-3/h4-6H,7H2,1-3H3. The van der Waals surface area contributed by atoms with Gasteiger partial charge >= 0.3 is 5.97 Å². The van der Waals surface area contributed by atoms with Crippen LogP contribution in [0.2, 0.25) is 0 Å². The van der Waals surface area contributed by atoms with E-state index >= 15 is 0 Å². The van der Waals surface area contributed by atoms with Crippen molar-refractivity contribution in [3.8, 4) is 11.5 Å². The minimum Gasteiger partial charge on any atom is -0.469 e. The molecular formula is C15H14N2O5S. The molecule has 0 aliphatic heterocycles. The lowest BCUT2D eigenvalue weighted by Gasteiger charge is -1.93. The van der Waals surface area contributed by atoms with Gasteiger partial charge in [0.1, 0.15) is 22.8 Å². The third-order valence-corrected chi connectivity index (χ3v) is 4.05. The number of thioether (sulfide) groups is 1. The average molecular weight is 334 g/mol. The summed E-state index contributed by atoms with van der Waals surface area (Å²) < 4.78 is 21.0. The Bertz CT molecular complexity index is 833. The first-order valence-corrected chi connectivity index (χ1v) is 7.75. The van der Waals surface area contributed by atoms with Gasteiger partial charge in [0.15, 0.2) is 0 Å². The quantitative estimate of drug-likeness (QED) is 0.516. The molecule has 3 rings (SSSR count). The van der Waals surface area contributed by atoms with E-state index in [1.807, 2.05) is 6.92 Å². The fraction of sp³-hybridized carbons (Fsp3) is 0.267. The predicted octanol–water partition coefficient (Wildman–Crippen LogP) is 3.62. The van der Waals surface area contributed by atoms with E-state index in [1.54, 1.807) is 25.3 Å². The summed E-state index contributed by atoms with van der Waals surface area (Å²) in [6, 6.07) is 3.43. The van der Waals surface area contributed by atoms with Gasteiger partial charge in [-0.25, -0.2) is 4.79 Å². The number of rotatable bonds is 5. The molecule has 0 saturated carbocycles. The summed E-state index contributed by atoms with van der Waals surface area (Å²) >= 11 is 1.32. The highest BCUT2D eigenvalue weighted by atomic mass is 32.2. The van der Waals surface area contributed by atoms with E-state index in [-0.39, 0.29) is 0 Å². The normalized spacial score (nSPS) is 10.9. The Hall–Kier alpha value is -2.48. The number of esters is 1. The van der Waals surface area contributed by atoms with Crippen LogP contribution in [0.1, 0.15) is 27.6 Å². The van der Waals surface area contributed by atoms with Crippen LogP contribution in [-0.2, 0) is 10.5 Å². The van der Waals surface area contributed by atoms with E-state index in [4.69, 9.17) is 18.0 Å². The van der Waals surface area contributed by atoms with E-state index in [2.05, 4.69) is 10.2 Å². The van der Waals surface area contributed by atoms with Crippen molar-refractivity contribution in [2.24, 2.45) is 0 Å². The summed E-state index contributed by atoms with van der Waals surface area (Å²) in [5.41, 5.74) is 1.19. The first-order valence-electron chi connectivity index (χ1n) is 6.77. The molecule has 0 amide bonds. The van der Waals surface area contributed by atoms with Crippen LogP contribution < -0.4 is 0 Å². The molecule has 8 heteroatoms. The molecule has 0 unspecified atom stereocenters. The topological polar surface area (TPSA) is 91.5 Å². The molecular weight excluding hydrogens is 320 g/mol. The number of ether oxygens (including phenoxy) is 1. The van der Waals surface area contributed by atoms with E-state index < -0.39 is 5.97 Å². The highest BCUT2D eigenvalue weighted by Gasteiger charge is 2.17. The van der Waals surface area contributed by atoms with Crippen molar-refractivity contribution >= 4 is 17.7 Å². The molecule has 0 aliphatic carbocycles. The fourth-order valence-electron chi connectivity index (χ4n) is 2.04. The summed E-state index contributed by atoms with van der Waals surface area (Å²) in [5, 5.41) is 8.39.